The summed E-state index contributed by atoms with van der Waals surface area (Å²) in [6.45, 7) is 0. The quantitative estimate of drug-likeness (QED) is 0.0860. The molecule has 0 atom stereocenters. The van der Waals surface area contributed by atoms with Crippen molar-refractivity contribution in [3.05, 3.63) is 76.8 Å². The van der Waals surface area contributed by atoms with E-state index in [0.717, 1.165) is 24.9 Å². The molecule has 0 aromatic heterocycles. The van der Waals surface area contributed by atoms with Crippen molar-refractivity contribution in [2.24, 2.45) is 10.2 Å². The fourth-order valence-electron chi connectivity index (χ4n) is 3.58. The van der Waals surface area contributed by atoms with Gasteiger partial charge >= 0.3 is 5.69 Å². The van der Waals surface area contributed by atoms with Gasteiger partial charge in [-0.2, -0.15) is 8.42 Å². The molecule has 0 amide bonds. The second-order valence-corrected chi connectivity index (χ2v) is 11.2. The van der Waals surface area contributed by atoms with E-state index in [4.69, 9.17) is 0 Å². The molecule has 39 heavy (non-hydrogen) atoms. The van der Waals surface area contributed by atoms with Crippen LogP contribution >= 0.6 is 0 Å². The first kappa shape index (κ1) is 27.4. The average Bonchev–Trinajstić information content (AvgIpc) is 2.88. The molecule has 5 N–H and O–H groups in total. The number of anilines is 2. The van der Waals surface area contributed by atoms with E-state index >= 15 is 0 Å². The molecule has 0 spiro atoms. The molecule has 16 heteroatoms. The van der Waals surface area contributed by atoms with E-state index in [1.54, 1.807) is 30.3 Å². The van der Waals surface area contributed by atoms with Gasteiger partial charge in [-0.3, -0.25) is 14.7 Å². The number of rotatable bonds is 8. The lowest BCUT2D eigenvalue weighted by Crippen LogP contribution is -2.18. The van der Waals surface area contributed by atoms with Gasteiger partial charge in [0.15, 0.2) is 5.75 Å². The second-order valence-electron chi connectivity index (χ2n) is 7.95. The summed E-state index contributed by atoms with van der Waals surface area (Å²) >= 11 is 0. The SMILES string of the molecule is CNS(=O)(=O)c1cc(N=Nc2c(S(=O)(=O)O)cc3cc(Nc4ccccc4)ccc3c2O)c(O)c([N+](=O)[O-])c1. The number of nitro groups is 1. The molecule has 0 radical (unpaired) electrons. The van der Waals surface area contributed by atoms with Crippen LogP contribution in [-0.4, -0.2) is 43.6 Å². The second kappa shape index (κ2) is 10.3. The highest BCUT2D eigenvalue weighted by Crippen LogP contribution is 2.44. The highest BCUT2D eigenvalue weighted by atomic mass is 32.2. The Morgan fingerprint density at radius 2 is 1.56 bits per heavy atom. The summed E-state index contributed by atoms with van der Waals surface area (Å²) in [5, 5.41) is 43.1. The molecule has 0 aliphatic heterocycles. The fraction of sp³-hybridized carbons (Fsp3) is 0.0435. The van der Waals surface area contributed by atoms with E-state index in [0.29, 0.717) is 11.8 Å². The fourth-order valence-corrected chi connectivity index (χ4v) is 5.01. The summed E-state index contributed by atoms with van der Waals surface area (Å²) in [7, 11) is -8.17. The standard InChI is InChI=1S/C23H19N5O9S2/c1-24-38(33,34)16-11-18(23(30)19(12-16)28(31)32)26-27-21-20(39(35,36)37)10-13-9-15(7-8-17(13)22(21)29)25-14-5-3-2-4-6-14/h2-12,24-25,29-30H,1H3,(H,35,36,37). The number of nitrogens with one attached hydrogen (secondary N) is 2. The first-order valence-electron chi connectivity index (χ1n) is 10.8. The minimum Gasteiger partial charge on any atom is -0.505 e. The van der Waals surface area contributed by atoms with Crippen molar-refractivity contribution in [2.75, 3.05) is 12.4 Å². The van der Waals surface area contributed by atoms with Crippen LogP contribution in [0.1, 0.15) is 0 Å². The number of azo groups is 1. The first-order valence-corrected chi connectivity index (χ1v) is 13.7. The highest BCUT2D eigenvalue weighted by Gasteiger charge is 2.26. The summed E-state index contributed by atoms with van der Waals surface area (Å²) in [6.07, 6.45) is 0. The predicted octanol–water partition coefficient (Wildman–Crippen LogP) is 4.47. The molecule has 202 valence electrons. The predicted molar refractivity (Wildman–Crippen MR) is 140 cm³/mol. The van der Waals surface area contributed by atoms with Gasteiger partial charge in [-0.1, -0.05) is 18.2 Å². The van der Waals surface area contributed by atoms with Gasteiger partial charge in [0, 0.05) is 22.8 Å². The van der Waals surface area contributed by atoms with Crippen LogP contribution in [0.2, 0.25) is 0 Å². The number of aromatic hydroxyl groups is 2. The summed E-state index contributed by atoms with van der Waals surface area (Å²) in [4.78, 5) is 8.79. The molecule has 0 fully saturated rings. The Labute approximate surface area is 221 Å². The lowest BCUT2D eigenvalue weighted by molar-refractivity contribution is -0.386. The topological polar surface area (TPSA) is 221 Å². The molecular formula is C23H19N5O9S2. The highest BCUT2D eigenvalue weighted by molar-refractivity contribution is 7.89. The summed E-state index contributed by atoms with van der Waals surface area (Å²) in [5.74, 6) is -1.78. The van der Waals surface area contributed by atoms with Gasteiger partial charge in [0.2, 0.25) is 15.8 Å². The minimum atomic E-state index is -5.00. The number of nitro benzene ring substituents is 1. The van der Waals surface area contributed by atoms with E-state index in [-0.39, 0.29) is 10.8 Å². The lowest BCUT2D eigenvalue weighted by atomic mass is 10.1. The molecule has 14 nitrogen and oxygen atoms in total. The van der Waals surface area contributed by atoms with Crippen molar-refractivity contribution in [3.8, 4) is 11.5 Å². The van der Waals surface area contributed by atoms with Crippen LogP contribution in [0.4, 0.5) is 28.4 Å². The maximum atomic E-state index is 12.2. The maximum absolute atomic E-state index is 12.2. The Bertz CT molecular complexity index is 1860. The third-order valence-corrected chi connectivity index (χ3v) is 7.73. The monoisotopic (exact) mass is 573 g/mol. The molecule has 0 aliphatic rings. The Kier molecular flexibility index (Phi) is 7.21. The Hall–Kier alpha value is -4.64. The van der Waals surface area contributed by atoms with Crippen molar-refractivity contribution in [1.29, 1.82) is 0 Å². The van der Waals surface area contributed by atoms with E-state index in [1.165, 1.54) is 12.1 Å². The van der Waals surface area contributed by atoms with Crippen LogP contribution in [0.5, 0.6) is 11.5 Å². The van der Waals surface area contributed by atoms with Gasteiger partial charge in [0.05, 0.1) is 9.82 Å². The maximum Gasteiger partial charge on any atom is 0.314 e. The number of phenols is 2. The molecule has 4 rings (SSSR count). The summed E-state index contributed by atoms with van der Waals surface area (Å²) < 4.78 is 60.5. The van der Waals surface area contributed by atoms with Crippen molar-refractivity contribution in [3.63, 3.8) is 0 Å². The van der Waals surface area contributed by atoms with Gasteiger partial charge < -0.3 is 15.5 Å². The smallest absolute Gasteiger partial charge is 0.314 e. The zero-order chi connectivity index (χ0) is 28.5. The van der Waals surface area contributed by atoms with Crippen molar-refractivity contribution in [1.82, 2.24) is 4.72 Å². The van der Waals surface area contributed by atoms with Crippen molar-refractivity contribution in [2.45, 2.75) is 9.79 Å². The van der Waals surface area contributed by atoms with Crippen molar-refractivity contribution >= 4 is 59.4 Å². The third kappa shape index (κ3) is 5.63. The van der Waals surface area contributed by atoms with Gasteiger partial charge in [-0.25, -0.2) is 13.1 Å². The normalized spacial score (nSPS) is 12.2. The molecule has 4 aromatic carbocycles. The number of benzene rings is 4. The Morgan fingerprint density at radius 1 is 0.872 bits per heavy atom. The van der Waals surface area contributed by atoms with Gasteiger partial charge in [-0.05, 0) is 54.9 Å². The average molecular weight is 574 g/mol. The van der Waals surface area contributed by atoms with Crippen LogP contribution in [0.3, 0.4) is 0 Å². The molecule has 0 saturated carbocycles. The molecular weight excluding hydrogens is 554 g/mol. The molecule has 0 saturated heterocycles. The minimum absolute atomic E-state index is 0.108. The van der Waals surface area contributed by atoms with Crippen LogP contribution in [0, 0.1) is 10.1 Å². The van der Waals surface area contributed by atoms with E-state index in [2.05, 4.69) is 15.5 Å². The largest absolute Gasteiger partial charge is 0.505 e. The molecule has 0 unspecified atom stereocenters. The van der Waals surface area contributed by atoms with Crippen LogP contribution in [-0.2, 0) is 20.1 Å². The lowest BCUT2D eigenvalue weighted by Gasteiger charge is -2.11. The number of sulfonamides is 1. The Morgan fingerprint density at radius 3 is 2.18 bits per heavy atom. The number of fused-ring (bicyclic) bond motifs is 1. The zero-order valence-corrected chi connectivity index (χ0v) is 21.4. The van der Waals surface area contributed by atoms with E-state index < -0.39 is 63.4 Å². The number of para-hydroxylation sites is 1. The van der Waals surface area contributed by atoms with Crippen molar-refractivity contribution < 1.29 is 36.5 Å². The van der Waals surface area contributed by atoms with Crippen LogP contribution in [0.15, 0.2) is 86.7 Å². The van der Waals surface area contributed by atoms with E-state index in [9.17, 15) is 41.7 Å². The number of phenolic OH excluding ortho intramolecular Hbond substituents is 2. The third-order valence-electron chi connectivity index (χ3n) is 5.47. The Balaban J connectivity index is 1.88. The van der Waals surface area contributed by atoms with Gasteiger partial charge in [0.25, 0.3) is 10.1 Å². The first-order chi connectivity index (χ1) is 18.3. The molecule has 0 bridgehead atoms. The van der Waals surface area contributed by atoms with Gasteiger partial charge in [0.1, 0.15) is 16.3 Å². The number of hydrogen-bond acceptors (Lipinski definition) is 11. The molecule has 0 aliphatic carbocycles. The van der Waals surface area contributed by atoms with E-state index in [1.807, 2.05) is 10.8 Å². The zero-order valence-electron chi connectivity index (χ0n) is 19.8. The van der Waals surface area contributed by atoms with Gasteiger partial charge in [-0.15, -0.1) is 10.2 Å². The summed E-state index contributed by atoms with van der Waals surface area (Å²) in [5.41, 5.74) is -1.23. The molecule has 0 heterocycles. The number of hydrogen-bond donors (Lipinski definition) is 5. The summed E-state index contributed by atoms with van der Waals surface area (Å²) in [6, 6.07) is 16.0. The molecule has 4 aromatic rings. The number of nitrogens with zero attached hydrogens (tertiary/aromatic N) is 3. The van der Waals surface area contributed by atoms with Crippen LogP contribution < -0.4 is 10.0 Å². The van der Waals surface area contributed by atoms with Crippen LogP contribution in [0.25, 0.3) is 10.8 Å².